The highest BCUT2D eigenvalue weighted by Gasteiger charge is 2.04. The number of rotatable bonds is 9. The van der Waals surface area contributed by atoms with Gasteiger partial charge in [0, 0.05) is 17.8 Å². The summed E-state index contributed by atoms with van der Waals surface area (Å²) in [6.07, 6.45) is 7.46. The van der Waals surface area contributed by atoms with Crippen LogP contribution in [0, 0.1) is 5.92 Å². The SMILES string of the molecule is CC(C)CCCC(C)NC(N)=NCc1cnn(Cc2ccccc2)c1.I. The first-order valence-electron chi connectivity index (χ1n) is 9.14. The van der Waals surface area contributed by atoms with Gasteiger partial charge in [0.15, 0.2) is 5.96 Å². The summed E-state index contributed by atoms with van der Waals surface area (Å²) in [5.41, 5.74) is 8.29. The van der Waals surface area contributed by atoms with Gasteiger partial charge in [0.2, 0.25) is 0 Å². The van der Waals surface area contributed by atoms with Gasteiger partial charge in [-0.2, -0.15) is 5.10 Å². The van der Waals surface area contributed by atoms with E-state index < -0.39 is 0 Å². The lowest BCUT2D eigenvalue weighted by Gasteiger charge is -2.14. The minimum atomic E-state index is 0. The molecular formula is C20H32IN5. The molecule has 2 rings (SSSR count). The Morgan fingerprint density at radius 3 is 2.58 bits per heavy atom. The van der Waals surface area contributed by atoms with Gasteiger partial charge in [-0.05, 0) is 24.8 Å². The van der Waals surface area contributed by atoms with Crippen molar-refractivity contribution in [1.29, 1.82) is 0 Å². The van der Waals surface area contributed by atoms with Gasteiger partial charge in [-0.25, -0.2) is 4.99 Å². The second-order valence-corrected chi connectivity index (χ2v) is 7.10. The van der Waals surface area contributed by atoms with Gasteiger partial charge in [0.1, 0.15) is 0 Å². The summed E-state index contributed by atoms with van der Waals surface area (Å²) < 4.78 is 1.93. The third-order valence-electron chi connectivity index (χ3n) is 4.12. The molecule has 1 unspecified atom stereocenters. The predicted molar refractivity (Wildman–Crippen MR) is 120 cm³/mol. The molecule has 0 saturated heterocycles. The summed E-state index contributed by atoms with van der Waals surface area (Å²) in [6.45, 7) is 7.98. The van der Waals surface area contributed by atoms with E-state index in [0.717, 1.165) is 24.4 Å². The molecule has 0 saturated carbocycles. The van der Waals surface area contributed by atoms with Gasteiger partial charge < -0.3 is 11.1 Å². The molecule has 1 aromatic carbocycles. The molecule has 1 atom stereocenters. The van der Waals surface area contributed by atoms with Crippen molar-refractivity contribution in [2.75, 3.05) is 0 Å². The summed E-state index contributed by atoms with van der Waals surface area (Å²) >= 11 is 0. The van der Waals surface area contributed by atoms with E-state index in [2.05, 4.69) is 48.3 Å². The van der Waals surface area contributed by atoms with E-state index in [1.807, 2.05) is 35.3 Å². The fourth-order valence-electron chi connectivity index (χ4n) is 2.72. The van der Waals surface area contributed by atoms with Gasteiger partial charge in [0.05, 0.1) is 19.3 Å². The molecule has 0 spiro atoms. The van der Waals surface area contributed by atoms with Gasteiger partial charge in [0.25, 0.3) is 0 Å². The normalized spacial score (nSPS) is 12.7. The number of nitrogens with zero attached hydrogens (tertiary/aromatic N) is 3. The number of aliphatic imine (C=N–C) groups is 1. The molecule has 0 radical (unpaired) electrons. The summed E-state index contributed by atoms with van der Waals surface area (Å²) in [5.74, 6) is 1.26. The maximum Gasteiger partial charge on any atom is 0.189 e. The molecule has 1 aromatic heterocycles. The maximum atomic E-state index is 6.00. The first-order chi connectivity index (χ1) is 12.0. The minimum Gasteiger partial charge on any atom is -0.370 e. The molecule has 26 heavy (non-hydrogen) atoms. The molecule has 3 N–H and O–H groups in total. The average molecular weight is 469 g/mol. The highest BCUT2D eigenvalue weighted by Crippen LogP contribution is 2.08. The van der Waals surface area contributed by atoms with Crippen molar-refractivity contribution < 1.29 is 0 Å². The molecule has 0 aliphatic rings. The fraction of sp³-hybridized carbons (Fsp3) is 0.500. The van der Waals surface area contributed by atoms with Crippen LogP contribution in [0.15, 0.2) is 47.7 Å². The Morgan fingerprint density at radius 2 is 1.88 bits per heavy atom. The average Bonchev–Trinajstić information content (AvgIpc) is 3.01. The Bertz CT molecular complexity index is 651. The number of hydrogen-bond acceptors (Lipinski definition) is 2. The number of nitrogens with two attached hydrogens (primary N) is 1. The molecule has 5 nitrogen and oxygen atoms in total. The lowest BCUT2D eigenvalue weighted by Crippen LogP contribution is -2.38. The van der Waals surface area contributed by atoms with E-state index in [0.29, 0.717) is 18.5 Å². The molecule has 0 aliphatic heterocycles. The molecule has 6 heteroatoms. The van der Waals surface area contributed by atoms with Crippen molar-refractivity contribution in [2.45, 2.75) is 59.2 Å². The van der Waals surface area contributed by atoms with Crippen molar-refractivity contribution in [3.05, 3.63) is 53.9 Å². The topological polar surface area (TPSA) is 68.2 Å². The number of halogens is 1. The van der Waals surface area contributed by atoms with Crippen LogP contribution in [0.25, 0.3) is 0 Å². The highest BCUT2D eigenvalue weighted by atomic mass is 127. The molecular weight excluding hydrogens is 437 g/mol. The third kappa shape index (κ3) is 8.69. The van der Waals surface area contributed by atoms with Crippen LogP contribution >= 0.6 is 24.0 Å². The number of nitrogens with one attached hydrogen (secondary N) is 1. The van der Waals surface area contributed by atoms with E-state index in [1.165, 1.54) is 18.4 Å². The monoisotopic (exact) mass is 469 g/mol. The molecule has 2 aromatic rings. The Kier molecular flexibility index (Phi) is 10.3. The van der Waals surface area contributed by atoms with Crippen LogP contribution in [0.2, 0.25) is 0 Å². The highest BCUT2D eigenvalue weighted by molar-refractivity contribution is 14.0. The van der Waals surface area contributed by atoms with E-state index >= 15 is 0 Å². The van der Waals surface area contributed by atoms with E-state index in [9.17, 15) is 0 Å². The number of guanidine groups is 1. The van der Waals surface area contributed by atoms with Crippen molar-refractivity contribution in [3.8, 4) is 0 Å². The van der Waals surface area contributed by atoms with Crippen LogP contribution in [0.4, 0.5) is 0 Å². The van der Waals surface area contributed by atoms with Crippen molar-refractivity contribution >= 4 is 29.9 Å². The van der Waals surface area contributed by atoms with Crippen LogP contribution < -0.4 is 11.1 Å². The zero-order valence-corrected chi connectivity index (χ0v) is 18.4. The lowest BCUT2D eigenvalue weighted by atomic mass is 10.0. The smallest absolute Gasteiger partial charge is 0.189 e. The predicted octanol–water partition coefficient (Wildman–Crippen LogP) is 4.17. The molecule has 0 aliphatic carbocycles. The van der Waals surface area contributed by atoms with Crippen LogP contribution in [-0.2, 0) is 13.1 Å². The van der Waals surface area contributed by atoms with Crippen LogP contribution in [-0.4, -0.2) is 21.8 Å². The molecule has 0 bridgehead atoms. The summed E-state index contributed by atoms with van der Waals surface area (Å²) in [6, 6.07) is 10.6. The summed E-state index contributed by atoms with van der Waals surface area (Å²) in [5, 5.41) is 7.66. The van der Waals surface area contributed by atoms with E-state index in [-0.39, 0.29) is 24.0 Å². The Balaban J connectivity index is 0.00000338. The van der Waals surface area contributed by atoms with Crippen molar-refractivity contribution in [3.63, 3.8) is 0 Å². The van der Waals surface area contributed by atoms with Gasteiger partial charge in [-0.15, -0.1) is 24.0 Å². The molecule has 1 heterocycles. The zero-order chi connectivity index (χ0) is 18.1. The Hall–Kier alpha value is -1.57. The van der Waals surface area contributed by atoms with Gasteiger partial charge in [-0.1, -0.05) is 57.0 Å². The van der Waals surface area contributed by atoms with E-state index in [1.54, 1.807) is 0 Å². The number of hydrogen-bond donors (Lipinski definition) is 2. The largest absolute Gasteiger partial charge is 0.370 e. The Morgan fingerprint density at radius 1 is 1.15 bits per heavy atom. The lowest BCUT2D eigenvalue weighted by molar-refractivity contribution is 0.493. The van der Waals surface area contributed by atoms with Crippen LogP contribution in [0.5, 0.6) is 0 Å². The number of aromatic nitrogens is 2. The number of benzene rings is 1. The van der Waals surface area contributed by atoms with E-state index in [4.69, 9.17) is 5.73 Å². The fourth-order valence-corrected chi connectivity index (χ4v) is 2.72. The summed E-state index contributed by atoms with van der Waals surface area (Å²) in [4.78, 5) is 4.43. The van der Waals surface area contributed by atoms with Crippen LogP contribution in [0.3, 0.4) is 0 Å². The first-order valence-corrected chi connectivity index (χ1v) is 9.14. The minimum absolute atomic E-state index is 0. The van der Waals surface area contributed by atoms with Crippen molar-refractivity contribution in [2.24, 2.45) is 16.6 Å². The second kappa shape index (κ2) is 11.9. The Labute approximate surface area is 174 Å². The standard InChI is InChI=1S/C20H31N5.HI/c1-16(2)8-7-9-17(3)24-20(21)22-12-19-13-23-25(15-19)14-18-10-5-4-6-11-18;/h4-6,10-11,13,15-17H,7-9,12,14H2,1-3H3,(H3,21,22,24);1H. The summed E-state index contributed by atoms with van der Waals surface area (Å²) in [7, 11) is 0. The van der Waals surface area contributed by atoms with Crippen molar-refractivity contribution in [1.82, 2.24) is 15.1 Å². The second-order valence-electron chi connectivity index (χ2n) is 7.10. The molecule has 0 amide bonds. The van der Waals surface area contributed by atoms with Gasteiger partial charge >= 0.3 is 0 Å². The molecule has 0 fully saturated rings. The maximum absolute atomic E-state index is 6.00. The molecule has 144 valence electrons. The quantitative estimate of drug-likeness (QED) is 0.329. The van der Waals surface area contributed by atoms with Gasteiger partial charge in [-0.3, -0.25) is 4.68 Å². The third-order valence-corrected chi connectivity index (χ3v) is 4.12. The first kappa shape index (κ1) is 22.5. The zero-order valence-electron chi connectivity index (χ0n) is 16.1. The van der Waals surface area contributed by atoms with Crippen LogP contribution in [0.1, 0.15) is 51.2 Å².